The van der Waals surface area contributed by atoms with Crippen molar-refractivity contribution in [3.63, 3.8) is 0 Å². The second-order valence-corrected chi connectivity index (χ2v) is 7.35. The number of benzene rings is 3. The molecule has 3 aromatic rings. The van der Waals surface area contributed by atoms with Gasteiger partial charge < -0.3 is 20.1 Å². The molecule has 8 heteroatoms. The highest BCUT2D eigenvalue weighted by Gasteiger charge is 2.16. The molecule has 0 spiro atoms. The van der Waals surface area contributed by atoms with Crippen LogP contribution in [0.25, 0.3) is 0 Å². The van der Waals surface area contributed by atoms with E-state index in [-0.39, 0.29) is 29.7 Å². The van der Waals surface area contributed by atoms with Crippen LogP contribution in [0.4, 0.5) is 11.4 Å². The molecule has 0 unspecified atom stereocenters. The van der Waals surface area contributed by atoms with E-state index in [9.17, 15) is 14.4 Å². The monoisotopic (exact) mass is 482 g/mol. The summed E-state index contributed by atoms with van der Waals surface area (Å²) >= 11 is 3.33. The van der Waals surface area contributed by atoms with E-state index in [1.807, 2.05) is 12.1 Å². The molecule has 0 aliphatic carbocycles. The smallest absolute Gasteiger partial charge is 0.347 e. The second-order valence-electron chi connectivity index (χ2n) is 6.43. The molecule has 7 nitrogen and oxygen atoms in total. The number of para-hydroxylation sites is 1. The molecule has 0 heterocycles. The van der Waals surface area contributed by atoms with Crippen LogP contribution in [0.5, 0.6) is 11.5 Å². The molecule has 0 saturated carbocycles. The third kappa shape index (κ3) is 6.68. The average molecular weight is 483 g/mol. The number of anilines is 2. The van der Waals surface area contributed by atoms with Crippen molar-refractivity contribution in [1.82, 2.24) is 0 Å². The molecule has 2 N–H and O–H groups in total. The molecule has 0 atom stereocenters. The van der Waals surface area contributed by atoms with Crippen molar-refractivity contribution in [2.24, 2.45) is 0 Å². The van der Waals surface area contributed by atoms with Crippen LogP contribution in [0.3, 0.4) is 0 Å². The van der Waals surface area contributed by atoms with Gasteiger partial charge in [0, 0.05) is 22.8 Å². The third-order valence-electron chi connectivity index (χ3n) is 3.98. The van der Waals surface area contributed by atoms with Crippen LogP contribution in [0.2, 0.25) is 0 Å². The summed E-state index contributed by atoms with van der Waals surface area (Å²) in [5.74, 6) is -0.648. The zero-order chi connectivity index (χ0) is 22.2. The molecule has 2 amide bonds. The van der Waals surface area contributed by atoms with Crippen LogP contribution in [0.15, 0.2) is 77.3 Å². The van der Waals surface area contributed by atoms with Gasteiger partial charge in [-0.1, -0.05) is 28.1 Å². The Morgan fingerprint density at radius 1 is 0.839 bits per heavy atom. The van der Waals surface area contributed by atoms with Gasteiger partial charge in [-0.2, -0.15) is 0 Å². The van der Waals surface area contributed by atoms with Crippen LogP contribution in [-0.2, 0) is 9.59 Å². The van der Waals surface area contributed by atoms with Gasteiger partial charge in [0.05, 0.1) is 0 Å². The van der Waals surface area contributed by atoms with E-state index in [2.05, 4.69) is 26.6 Å². The second kappa shape index (κ2) is 10.4. The summed E-state index contributed by atoms with van der Waals surface area (Å²) in [7, 11) is 0. The molecule has 0 aromatic heterocycles. The van der Waals surface area contributed by atoms with Gasteiger partial charge >= 0.3 is 5.97 Å². The lowest BCUT2D eigenvalue weighted by molar-refractivity contribution is -0.118. The summed E-state index contributed by atoms with van der Waals surface area (Å²) in [5, 5.41) is 5.35. The van der Waals surface area contributed by atoms with E-state index in [1.54, 1.807) is 60.7 Å². The van der Waals surface area contributed by atoms with Gasteiger partial charge in [0.15, 0.2) is 6.61 Å². The van der Waals surface area contributed by atoms with Crippen molar-refractivity contribution < 1.29 is 23.9 Å². The Bertz CT molecular complexity index is 1080. The normalized spacial score (nSPS) is 10.1. The molecular weight excluding hydrogens is 464 g/mol. The fourth-order valence-corrected chi connectivity index (χ4v) is 2.87. The van der Waals surface area contributed by atoms with Crippen LogP contribution in [0.1, 0.15) is 17.3 Å². The van der Waals surface area contributed by atoms with Crippen molar-refractivity contribution in [2.45, 2.75) is 6.92 Å². The summed E-state index contributed by atoms with van der Waals surface area (Å²) in [6.07, 6.45) is 0. The minimum atomic E-state index is -0.629. The van der Waals surface area contributed by atoms with Gasteiger partial charge in [0.25, 0.3) is 5.91 Å². The van der Waals surface area contributed by atoms with Gasteiger partial charge in [0.1, 0.15) is 17.1 Å². The Kier molecular flexibility index (Phi) is 7.40. The Labute approximate surface area is 187 Å². The first-order valence-electron chi connectivity index (χ1n) is 9.28. The topological polar surface area (TPSA) is 93.7 Å². The van der Waals surface area contributed by atoms with Crippen molar-refractivity contribution >= 4 is 45.1 Å². The predicted molar refractivity (Wildman–Crippen MR) is 120 cm³/mol. The molecule has 0 radical (unpaired) electrons. The van der Waals surface area contributed by atoms with Gasteiger partial charge in [-0.05, 0) is 60.7 Å². The van der Waals surface area contributed by atoms with E-state index < -0.39 is 5.97 Å². The zero-order valence-corrected chi connectivity index (χ0v) is 18.1. The summed E-state index contributed by atoms with van der Waals surface area (Å²) in [6.45, 7) is 1.13. The van der Waals surface area contributed by atoms with Crippen molar-refractivity contribution in [1.29, 1.82) is 0 Å². The van der Waals surface area contributed by atoms with Gasteiger partial charge in [-0.15, -0.1) is 0 Å². The van der Waals surface area contributed by atoms with E-state index in [1.165, 1.54) is 6.92 Å². The number of ether oxygens (including phenoxy) is 2. The third-order valence-corrected chi connectivity index (χ3v) is 4.51. The predicted octanol–water partition coefficient (Wildman–Crippen LogP) is 4.64. The summed E-state index contributed by atoms with van der Waals surface area (Å²) in [4.78, 5) is 35.8. The maximum atomic E-state index is 12.6. The number of rotatable bonds is 7. The van der Waals surface area contributed by atoms with Gasteiger partial charge in [-0.25, -0.2) is 4.79 Å². The Morgan fingerprint density at radius 2 is 1.45 bits per heavy atom. The summed E-state index contributed by atoms with van der Waals surface area (Å²) in [6, 6.07) is 20.0. The Morgan fingerprint density at radius 3 is 2.13 bits per heavy atom. The van der Waals surface area contributed by atoms with Gasteiger partial charge in [-0.3, -0.25) is 9.59 Å². The Hall–Kier alpha value is -3.65. The highest BCUT2D eigenvalue weighted by Crippen LogP contribution is 2.22. The lowest BCUT2D eigenvalue weighted by Gasteiger charge is -2.12. The fourth-order valence-electron chi connectivity index (χ4n) is 2.61. The molecule has 3 aromatic carbocycles. The molecule has 31 heavy (non-hydrogen) atoms. The maximum Gasteiger partial charge on any atom is 0.347 e. The molecule has 0 aliphatic heterocycles. The quantitative estimate of drug-likeness (QED) is 0.377. The first kappa shape index (κ1) is 22.0. The molecule has 0 saturated heterocycles. The van der Waals surface area contributed by atoms with Crippen LogP contribution in [0, 0.1) is 0 Å². The zero-order valence-electron chi connectivity index (χ0n) is 16.6. The van der Waals surface area contributed by atoms with E-state index in [4.69, 9.17) is 9.47 Å². The number of carbonyl (C=O) groups is 3. The van der Waals surface area contributed by atoms with Crippen LogP contribution >= 0.6 is 15.9 Å². The molecule has 3 rings (SSSR count). The lowest BCUT2D eigenvalue weighted by atomic mass is 10.2. The standard InChI is InChI=1S/C23H19BrN2O5/c1-15(27)25-17-10-12-19(13-11-17)31-23(29)20-4-2-3-5-21(20)30-14-22(28)26-18-8-6-16(24)7-9-18/h2-13H,14H2,1H3,(H,25,27)(H,26,28). The molecule has 0 bridgehead atoms. The van der Waals surface area contributed by atoms with E-state index in [0.29, 0.717) is 17.1 Å². The lowest BCUT2D eigenvalue weighted by Crippen LogP contribution is -2.21. The van der Waals surface area contributed by atoms with Crippen LogP contribution in [-0.4, -0.2) is 24.4 Å². The van der Waals surface area contributed by atoms with E-state index in [0.717, 1.165) is 4.47 Å². The molecular formula is C23H19BrN2O5. The number of esters is 1. The summed E-state index contributed by atoms with van der Waals surface area (Å²) < 4.78 is 11.8. The minimum absolute atomic E-state index is 0.185. The first-order valence-corrected chi connectivity index (χ1v) is 10.1. The number of amides is 2. The minimum Gasteiger partial charge on any atom is -0.483 e. The SMILES string of the molecule is CC(=O)Nc1ccc(OC(=O)c2ccccc2OCC(=O)Nc2ccc(Br)cc2)cc1. The molecule has 0 fully saturated rings. The number of nitrogens with one attached hydrogen (secondary N) is 2. The first-order chi connectivity index (χ1) is 14.9. The van der Waals surface area contributed by atoms with Crippen molar-refractivity contribution in [3.05, 3.63) is 82.8 Å². The fraction of sp³-hybridized carbons (Fsp3) is 0.0870. The van der Waals surface area contributed by atoms with Crippen molar-refractivity contribution in [2.75, 3.05) is 17.2 Å². The number of hydrogen-bond acceptors (Lipinski definition) is 5. The Balaban J connectivity index is 1.61. The molecule has 0 aliphatic rings. The molecule has 158 valence electrons. The van der Waals surface area contributed by atoms with E-state index >= 15 is 0 Å². The summed E-state index contributed by atoms with van der Waals surface area (Å²) in [5.41, 5.74) is 1.41. The van der Waals surface area contributed by atoms with Crippen molar-refractivity contribution in [3.8, 4) is 11.5 Å². The highest BCUT2D eigenvalue weighted by atomic mass is 79.9. The van der Waals surface area contributed by atoms with Crippen LogP contribution < -0.4 is 20.1 Å². The highest BCUT2D eigenvalue weighted by molar-refractivity contribution is 9.10. The average Bonchev–Trinajstić information content (AvgIpc) is 2.75. The van der Waals surface area contributed by atoms with Gasteiger partial charge in [0.2, 0.25) is 5.91 Å². The maximum absolute atomic E-state index is 12.6. The number of hydrogen-bond donors (Lipinski definition) is 2. The number of halogens is 1. The number of carbonyl (C=O) groups excluding carboxylic acids is 3. The largest absolute Gasteiger partial charge is 0.483 e.